The van der Waals surface area contributed by atoms with Crippen LogP contribution < -0.4 is 10.1 Å². The zero-order valence-electron chi connectivity index (χ0n) is 15.0. The van der Waals surface area contributed by atoms with Crippen LogP contribution in [0, 0.1) is 0 Å². The van der Waals surface area contributed by atoms with Crippen LogP contribution in [0.15, 0.2) is 30.3 Å². The lowest BCUT2D eigenvalue weighted by Crippen LogP contribution is -2.47. The van der Waals surface area contributed by atoms with Crippen molar-refractivity contribution >= 4 is 17.9 Å². The molecule has 0 aliphatic rings. The first-order valence-electron chi connectivity index (χ1n) is 8.43. The van der Waals surface area contributed by atoms with E-state index in [1.54, 1.807) is 25.0 Å². The Balaban J connectivity index is 2.58. The van der Waals surface area contributed by atoms with Gasteiger partial charge in [0, 0.05) is 19.2 Å². The minimum atomic E-state index is -0.531. The number of ether oxygens (including phenoxy) is 1. The summed E-state index contributed by atoms with van der Waals surface area (Å²) in [6.07, 6.45) is 4.96. The molecule has 1 rings (SSSR count). The minimum Gasteiger partial charge on any atom is -0.497 e. The summed E-state index contributed by atoms with van der Waals surface area (Å²) < 4.78 is 5.09. The van der Waals surface area contributed by atoms with E-state index in [0.29, 0.717) is 13.1 Å². The topological polar surface area (TPSA) is 58.6 Å². The number of carbonyl (C=O) groups is 2. The van der Waals surface area contributed by atoms with E-state index in [1.165, 1.54) is 6.08 Å². The molecule has 5 nitrogen and oxygen atoms in total. The summed E-state index contributed by atoms with van der Waals surface area (Å²) in [6.45, 7) is 7.23. The highest BCUT2D eigenvalue weighted by Crippen LogP contribution is 2.12. The van der Waals surface area contributed by atoms with Gasteiger partial charge in [-0.05, 0) is 43.5 Å². The van der Waals surface area contributed by atoms with E-state index in [2.05, 4.69) is 5.32 Å². The number of rotatable bonds is 9. The van der Waals surface area contributed by atoms with Crippen LogP contribution in [0.1, 0.15) is 39.2 Å². The van der Waals surface area contributed by atoms with Crippen molar-refractivity contribution in [3.63, 3.8) is 0 Å². The Labute approximate surface area is 144 Å². The molecule has 1 N–H and O–H groups in total. The SMILES string of the molecule is CCCN(CCC)C(=O)C(C)NC(=O)/C=C/c1ccc(OC)cc1. The highest BCUT2D eigenvalue weighted by atomic mass is 16.5. The van der Waals surface area contributed by atoms with Crippen molar-refractivity contribution in [2.75, 3.05) is 20.2 Å². The number of nitrogens with zero attached hydrogens (tertiary/aromatic N) is 1. The summed E-state index contributed by atoms with van der Waals surface area (Å²) in [5, 5.41) is 2.73. The van der Waals surface area contributed by atoms with Crippen molar-refractivity contribution in [2.24, 2.45) is 0 Å². The van der Waals surface area contributed by atoms with Gasteiger partial charge in [0.15, 0.2) is 0 Å². The van der Waals surface area contributed by atoms with Crippen LogP contribution in [0.2, 0.25) is 0 Å². The lowest BCUT2D eigenvalue weighted by atomic mass is 10.2. The first-order chi connectivity index (χ1) is 11.5. The molecule has 1 unspecified atom stereocenters. The van der Waals surface area contributed by atoms with Gasteiger partial charge in [0.2, 0.25) is 11.8 Å². The maximum Gasteiger partial charge on any atom is 0.244 e. The van der Waals surface area contributed by atoms with Crippen LogP contribution in [0.3, 0.4) is 0 Å². The van der Waals surface area contributed by atoms with E-state index in [9.17, 15) is 9.59 Å². The summed E-state index contributed by atoms with van der Waals surface area (Å²) in [7, 11) is 1.61. The molecule has 0 saturated heterocycles. The number of methoxy groups -OCH3 is 1. The van der Waals surface area contributed by atoms with Gasteiger partial charge in [0.25, 0.3) is 0 Å². The highest BCUT2D eigenvalue weighted by molar-refractivity contribution is 5.95. The van der Waals surface area contributed by atoms with Gasteiger partial charge in [-0.3, -0.25) is 9.59 Å². The van der Waals surface area contributed by atoms with Gasteiger partial charge in [-0.2, -0.15) is 0 Å². The molecule has 1 aromatic rings. The van der Waals surface area contributed by atoms with Gasteiger partial charge < -0.3 is 15.0 Å². The van der Waals surface area contributed by atoms with Crippen molar-refractivity contribution in [1.82, 2.24) is 10.2 Å². The molecular formula is C19H28N2O3. The molecule has 0 radical (unpaired) electrons. The fourth-order valence-corrected chi connectivity index (χ4v) is 2.36. The fraction of sp³-hybridized carbons (Fsp3) is 0.474. The third kappa shape index (κ3) is 6.44. The van der Waals surface area contributed by atoms with Crippen LogP contribution in [-0.4, -0.2) is 43.0 Å². The molecule has 0 fully saturated rings. The number of hydrogen-bond acceptors (Lipinski definition) is 3. The smallest absolute Gasteiger partial charge is 0.244 e. The number of amides is 2. The van der Waals surface area contributed by atoms with E-state index < -0.39 is 6.04 Å². The molecule has 24 heavy (non-hydrogen) atoms. The maximum atomic E-state index is 12.4. The highest BCUT2D eigenvalue weighted by Gasteiger charge is 2.20. The third-order valence-corrected chi connectivity index (χ3v) is 3.57. The summed E-state index contributed by atoms with van der Waals surface area (Å²) in [6, 6.07) is 6.85. The quantitative estimate of drug-likeness (QED) is 0.708. The van der Waals surface area contributed by atoms with E-state index in [0.717, 1.165) is 24.2 Å². The van der Waals surface area contributed by atoms with Crippen LogP contribution >= 0.6 is 0 Å². The van der Waals surface area contributed by atoms with E-state index in [1.807, 2.05) is 38.1 Å². The first kappa shape index (κ1) is 19.7. The van der Waals surface area contributed by atoms with Crippen LogP contribution in [0.25, 0.3) is 6.08 Å². The van der Waals surface area contributed by atoms with E-state index >= 15 is 0 Å². The van der Waals surface area contributed by atoms with Gasteiger partial charge in [-0.1, -0.05) is 26.0 Å². The zero-order chi connectivity index (χ0) is 17.9. The number of hydrogen-bond donors (Lipinski definition) is 1. The molecule has 0 saturated carbocycles. The van der Waals surface area contributed by atoms with Gasteiger partial charge in [0.1, 0.15) is 11.8 Å². The molecule has 0 bridgehead atoms. The minimum absolute atomic E-state index is 0.0371. The second-order valence-corrected chi connectivity index (χ2v) is 5.66. The molecule has 0 heterocycles. The second kappa shape index (κ2) is 10.5. The van der Waals surface area contributed by atoms with Crippen LogP contribution in [0.4, 0.5) is 0 Å². The summed E-state index contributed by atoms with van der Waals surface area (Å²) in [4.78, 5) is 26.2. The Morgan fingerprint density at radius 1 is 1.17 bits per heavy atom. The molecule has 0 spiro atoms. The Kier molecular flexibility index (Phi) is 8.61. The number of benzene rings is 1. The Bertz CT molecular complexity index is 546. The van der Waals surface area contributed by atoms with Crippen molar-refractivity contribution in [3.05, 3.63) is 35.9 Å². The molecule has 0 aliphatic heterocycles. The molecule has 1 atom stereocenters. The molecular weight excluding hydrogens is 304 g/mol. The molecule has 0 aromatic heterocycles. The molecule has 1 aromatic carbocycles. The summed E-state index contributed by atoms with van der Waals surface area (Å²) >= 11 is 0. The van der Waals surface area contributed by atoms with E-state index in [4.69, 9.17) is 4.74 Å². The van der Waals surface area contributed by atoms with Gasteiger partial charge in [-0.25, -0.2) is 0 Å². The van der Waals surface area contributed by atoms with Gasteiger partial charge in [0.05, 0.1) is 7.11 Å². The molecule has 2 amide bonds. The first-order valence-corrected chi connectivity index (χ1v) is 8.43. The normalized spacial score (nSPS) is 12.0. The standard InChI is InChI=1S/C19H28N2O3/c1-5-13-21(14-6-2)19(23)15(3)20-18(22)12-9-16-7-10-17(24-4)11-8-16/h7-12,15H,5-6,13-14H2,1-4H3,(H,20,22)/b12-9+. The number of carbonyl (C=O) groups excluding carboxylic acids is 2. The zero-order valence-corrected chi connectivity index (χ0v) is 15.0. The molecule has 5 heteroatoms. The Morgan fingerprint density at radius 2 is 1.75 bits per heavy atom. The number of nitrogens with one attached hydrogen (secondary N) is 1. The average Bonchev–Trinajstić information content (AvgIpc) is 2.59. The van der Waals surface area contributed by atoms with Gasteiger partial charge in [-0.15, -0.1) is 0 Å². The summed E-state index contributed by atoms with van der Waals surface area (Å²) in [5.74, 6) is 0.451. The van der Waals surface area contributed by atoms with Crippen molar-refractivity contribution in [3.8, 4) is 5.75 Å². The molecule has 0 aliphatic carbocycles. The van der Waals surface area contributed by atoms with Crippen molar-refractivity contribution < 1.29 is 14.3 Å². The molecule has 132 valence electrons. The Morgan fingerprint density at radius 3 is 2.25 bits per heavy atom. The van der Waals surface area contributed by atoms with Crippen LogP contribution in [-0.2, 0) is 9.59 Å². The summed E-state index contributed by atoms with van der Waals surface area (Å²) in [5.41, 5.74) is 0.892. The largest absolute Gasteiger partial charge is 0.497 e. The predicted octanol–water partition coefficient (Wildman–Crippen LogP) is 2.86. The lowest BCUT2D eigenvalue weighted by molar-refractivity contribution is -0.135. The lowest BCUT2D eigenvalue weighted by Gasteiger charge is -2.25. The van der Waals surface area contributed by atoms with Crippen molar-refractivity contribution in [1.29, 1.82) is 0 Å². The van der Waals surface area contributed by atoms with Crippen molar-refractivity contribution in [2.45, 2.75) is 39.7 Å². The maximum absolute atomic E-state index is 12.4. The average molecular weight is 332 g/mol. The van der Waals surface area contributed by atoms with Crippen LogP contribution in [0.5, 0.6) is 5.75 Å². The fourth-order valence-electron chi connectivity index (χ4n) is 2.36. The monoisotopic (exact) mass is 332 g/mol. The predicted molar refractivity (Wildman–Crippen MR) is 96.8 cm³/mol. The third-order valence-electron chi connectivity index (χ3n) is 3.57. The van der Waals surface area contributed by atoms with E-state index in [-0.39, 0.29) is 11.8 Å². The Hall–Kier alpha value is -2.30. The van der Waals surface area contributed by atoms with Gasteiger partial charge >= 0.3 is 0 Å². The second-order valence-electron chi connectivity index (χ2n) is 5.66.